The SMILES string of the molecule is CC[C@@](C)(CNC(=O)N(C)Cc1c(C)noc1C)N1CCOCC1. The third-order valence-electron chi connectivity index (χ3n) is 5.08. The number of amides is 2. The van der Waals surface area contributed by atoms with Crippen molar-refractivity contribution in [3.8, 4) is 0 Å². The molecule has 0 unspecified atom stereocenters. The standard InChI is InChI=1S/C17H30N4O3/c1-6-17(4,21-7-9-23-10-8-21)12-18-16(22)20(5)11-15-13(2)19-24-14(15)3/h6-12H2,1-5H3,(H,18,22)/t17-/m0/s1. The first-order valence-electron chi connectivity index (χ1n) is 8.61. The fourth-order valence-corrected chi connectivity index (χ4v) is 3.00. The zero-order valence-electron chi connectivity index (χ0n) is 15.5. The maximum absolute atomic E-state index is 12.5. The first-order chi connectivity index (χ1) is 11.4. The number of carbonyl (C=O) groups excluding carboxylic acids is 1. The van der Waals surface area contributed by atoms with E-state index in [1.165, 1.54) is 0 Å². The van der Waals surface area contributed by atoms with Crippen molar-refractivity contribution in [1.82, 2.24) is 20.3 Å². The van der Waals surface area contributed by atoms with Crippen molar-refractivity contribution < 1.29 is 14.1 Å². The van der Waals surface area contributed by atoms with E-state index in [0.29, 0.717) is 13.1 Å². The number of carbonyl (C=O) groups is 1. The topological polar surface area (TPSA) is 70.8 Å². The summed E-state index contributed by atoms with van der Waals surface area (Å²) in [6, 6.07) is -0.0806. The van der Waals surface area contributed by atoms with E-state index in [2.05, 4.69) is 29.2 Å². The van der Waals surface area contributed by atoms with Gasteiger partial charge in [-0.25, -0.2) is 4.79 Å². The van der Waals surface area contributed by atoms with Gasteiger partial charge >= 0.3 is 6.03 Å². The van der Waals surface area contributed by atoms with Crippen molar-refractivity contribution >= 4 is 6.03 Å². The number of ether oxygens (including phenoxy) is 1. The highest BCUT2D eigenvalue weighted by molar-refractivity contribution is 5.74. The van der Waals surface area contributed by atoms with Gasteiger partial charge in [0, 0.05) is 37.8 Å². The van der Waals surface area contributed by atoms with Gasteiger partial charge < -0.3 is 19.5 Å². The van der Waals surface area contributed by atoms with Crippen LogP contribution in [0.25, 0.3) is 0 Å². The third kappa shape index (κ3) is 4.27. The van der Waals surface area contributed by atoms with Crippen LogP contribution in [0.3, 0.4) is 0 Å². The monoisotopic (exact) mass is 338 g/mol. The fourth-order valence-electron chi connectivity index (χ4n) is 3.00. The quantitative estimate of drug-likeness (QED) is 0.858. The van der Waals surface area contributed by atoms with Gasteiger partial charge in [-0.15, -0.1) is 0 Å². The van der Waals surface area contributed by atoms with Gasteiger partial charge in [0.25, 0.3) is 0 Å². The van der Waals surface area contributed by atoms with E-state index in [1.807, 2.05) is 13.8 Å². The number of hydrogen-bond acceptors (Lipinski definition) is 5. The Labute approximate surface area is 144 Å². The Balaban J connectivity index is 1.90. The lowest BCUT2D eigenvalue weighted by Gasteiger charge is -2.43. The Morgan fingerprint density at radius 3 is 2.58 bits per heavy atom. The summed E-state index contributed by atoms with van der Waals surface area (Å²) < 4.78 is 10.6. The van der Waals surface area contributed by atoms with Crippen LogP contribution in [0.2, 0.25) is 0 Å². The predicted molar refractivity (Wildman–Crippen MR) is 91.9 cm³/mol. The van der Waals surface area contributed by atoms with Gasteiger partial charge in [-0.3, -0.25) is 4.90 Å². The zero-order chi connectivity index (χ0) is 17.7. The molecule has 2 heterocycles. The van der Waals surface area contributed by atoms with Gasteiger partial charge in [0.05, 0.1) is 25.5 Å². The average molecular weight is 338 g/mol. The molecular weight excluding hydrogens is 308 g/mol. The number of urea groups is 1. The molecule has 1 aromatic heterocycles. The van der Waals surface area contributed by atoms with Crippen LogP contribution >= 0.6 is 0 Å². The average Bonchev–Trinajstić information content (AvgIpc) is 2.92. The lowest BCUT2D eigenvalue weighted by Crippen LogP contribution is -2.57. The summed E-state index contributed by atoms with van der Waals surface area (Å²) in [5.41, 5.74) is 1.75. The molecule has 1 aliphatic rings. The number of aryl methyl sites for hydroxylation is 2. The van der Waals surface area contributed by atoms with Crippen LogP contribution in [0.5, 0.6) is 0 Å². The molecule has 7 nitrogen and oxygen atoms in total. The van der Waals surface area contributed by atoms with E-state index >= 15 is 0 Å². The number of aromatic nitrogens is 1. The summed E-state index contributed by atoms with van der Waals surface area (Å²) in [5.74, 6) is 0.763. The zero-order valence-corrected chi connectivity index (χ0v) is 15.5. The van der Waals surface area contributed by atoms with E-state index in [-0.39, 0.29) is 11.6 Å². The van der Waals surface area contributed by atoms with Gasteiger partial charge in [-0.05, 0) is 27.2 Å². The summed E-state index contributed by atoms with van der Waals surface area (Å²) >= 11 is 0. The van der Waals surface area contributed by atoms with Crippen LogP contribution in [0.4, 0.5) is 4.79 Å². The molecule has 24 heavy (non-hydrogen) atoms. The Kier molecular flexibility index (Phi) is 6.23. The maximum Gasteiger partial charge on any atom is 0.317 e. The van der Waals surface area contributed by atoms with Crippen LogP contribution in [0.15, 0.2) is 4.52 Å². The van der Waals surface area contributed by atoms with Crippen molar-refractivity contribution in [3.63, 3.8) is 0 Å². The number of rotatable bonds is 6. The minimum atomic E-state index is -0.0806. The van der Waals surface area contributed by atoms with Gasteiger partial charge in [-0.1, -0.05) is 12.1 Å². The Hall–Kier alpha value is -1.60. The smallest absolute Gasteiger partial charge is 0.317 e. The number of nitrogens with one attached hydrogen (secondary N) is 1. The summed E-state index contributed by atoms with van der Waals surface area (Å²) in [7, 11) is 1.79. The minimum Gasteiger partial charge on any atom is -0.379 e. The van der Waals surface area contributed by atoms with Crippen LogP contribution < -0.4 is 5.32 Å². The fraction of sp³-hybridized carbons (Fsp3) is 0.765. The largest absolute Gasteiger partial charge is 0.379 e. The maximum atomic E-state index is 12.5. The Morgan fingerprint density at radius 1 is 1.38 bits per heavy atom. The van der Waals surface area contributed by atoms with Crippen molar-refractivity contribution in [2.45, 2.75) is 46.2 Å². The van der Waals surface area contributed by atoms with Crippen molar-refractivity contribution in [3.05, 3.63) is 17.0 Å². The molecule has 1 aromatic rings. The molecule has 1 atom stereocenters. The van der Waals surface area contributed by atoms with Crippen LogP contribution in [0, 0.1) is 13.8 Å². The Morgan fingerprint density at radius 2 is 2.04 bits per heavy atom. The Bertz CT molecular complexity index is 535. The first-order valence-corrected chi connectivity index (χ1v) is 8.61. The molecule has 2 rings (SSSR count). The van der Waals surface area contributed by atoms with Crippen LogP contribution in [0.1, 0.15) is 37.3 Å². The third-order valence-corrected chi connectivity index (χ3v) is 5.08. The van der Waals surface area contributed by atoms with Gasteiger partial charge in [0.2, 0.25) is 0 Å². The second-order valence-electron chi connectivity index (χ2n) is 6.77. The molecule has 2 amide bonds. The number of hydrogen-bond donors (Lipinski definition) is 1. The van der Waals surface area contributed by atoms with Crippen molar-refractivity contribution in [2.75, 3.05) is 39.9 Å². The highest BCUT2D eigenvalue weighted by Crippen LogP contribution is 2.20. The molecule has 1 saturated heterocycles. The molecule has 1 fully saturated rings. The lowest BCUT2D eigenvalue weighted by atomic mass is 9.95. The van der Waals surface area contributed by atoms with E-state index in [1.54, 1.807) is 11.9 Å². The van der Waals surface area contributed by atoms with E-state index in [9.17, 15) is 4.79 Å². The molecule has 0 saturated carbocycles. The highest BCUT2D eigenvalue weighted by Gasteiger charge is 2.32. The number of morpholine rings is 1. The molecule has 1 N–H and O–H groups in total. The van der Waals surface area contributed by atoms with Crippen molar-refractivity contribution in [2.24, 2.45) is 0 Å². The lowest BCUT2D eigenvalue weighted by molar-refractivity contribution is -0.0167. The van der Waals surface area contributed by atoms with Gasteiger partial charge in [0.15, 0.2) is 0 Å². The molecular formula is C17H30N4O3. The van der Waals surface area contributed by atoms with Crippen LogP contribution in [-0.4, -0.2) is 66.4 Å². The highest BCUT2D eigenvalue weighted by atomic mass is 16.5. The molecule has 0 spiro atoms. The summed E-state index contributed by atoms with van der Waals surface area (Å²) in [4.78, 5) is 16.5. The molecule has 0 aromatic carbocycles. The normalized spacial score (nSPS) is 18.2. The summed E-state index contributed by atoms with van der Waals surface area (Å²) in [6.07, 6.45) is 0.973. The van der Waals surface area contributed by atoms with Gasteiger partial charge in [-0.2, -0.15) is 0 Å². The van der Waals surface area contributed by atoms with E-state index in [0.717, 1.165) is 49.7 Å². The summed E-state index contributed by atoms with van der Waals surface area (Å²) in [5, 5.41) is 7.01. The molecule has 0 radical (unpaired) electrons. The van der Waals surface area contributed by atoms with Crippen molar-refractivity contribution in [1.29, 1.82) is 0 Å². The molecule has 1 aliphatic heterocycles. The predicted octanol–water partition coefficient (Wildman–Crippen LogP) is 1.93. The van der Waals surface area contributed by atoms with E-state index < -0.39 is 0 Å². The molecule has 136 valence electrons. The first kappa shape index (κ1) is 18.7. The molecule has 7 heteroatoms. The molecule has 0 aliphatic carbocycles. The number of nitrogens with zero attached hydrogens (tertiary/aromatic N) is 3. The minimum absolute atomic E-state index is 0.0523. The van der Waals surface area contributed by atoms with E-state index in [4.69, 9.17) is 9.26 Å². The summed E-state index contributed by atoms with van der Waals surface area (Å²) in [6.45, 7) is 12.6. The second kappa shape index (κ2) is 7.98. The van der Waals surface area contributed by atoms with Gasteiger partial charge in [0.1, 0.15) is 5.76 Å². The van der Waals surface area contributed by atoms with Crippen LogP contribution in [-0.2, 0) is 11.3 Å². The second-order valence-corrected chi connectivity index (χ2v) is 6.77. The molecule has 0 bridgehead atoms.